The van der Waals surface area contributed by atoms with Crippen LogP contribution in [0.25, 0.3) is 10.9 Å². The lowest BCUT2D eigenvalue weighted by molar-refractivity contribution is -0.131. The molecule has 1 N–H and O–H groups in total. The summed E-state index contributed by atoms with van der Waals surface area (Å²) in [6, 6.07) is 0. The zero-order valence-electron chi connectivity index (χ0n) is 11.6. The molecule has 2 rings (SSSR count). The average molecular weight is 261 g/mol. The number of pyridine rings is 1. The van der Waals surface area contributed by atoms with Crippen molar-refractivity contribution in [3.8, 4) is 5.75 Å². The fourth-order valence-corrected chi connectivity index (χ4v) is 2.02. The van der Waals surface area contributed by atoms with Crippen LogP contribution in [0.3, 0.4) is 0 Å². The van der Waals surface area contributed by atoms with Crippen molar-refractivity contribution < 1.29 is 9.53 Å². The zero-order valence-corrected chi connectivity index (χ0v) is 11.6. The number of nitrogens with zero attached hydrogens (tertiary/aromatic N) is 2. The highest BCUT2D eigenvalue weighted by molar-refractivity contribution is 5.90. The molecule has 0 unspecified atom stereocenters. The van der Waals surface area contributed by atoms with E-state index in [1.54, 1.807) is 12.4 Å². The van der Waals surface area contributed by atoms with Gasteiger partial charge in [0.25, 0.3) is 0 Å². The number of aromatic amines is 1. The van der Waals surface area contributed by atoms with Gasteiger partial charge < -0.3 is 14.6 Å². The highest BCUT2D eigenvalue weighted by Gasteiger charge is 2.12. The molecule has 19 heavy (non-hydrogen) atoms. The summed E-state index contributed by atoms with van der Waals surface area (Å²) in [5.74, 6) is 0.201. The van der Waals surface area contributed by atoms with Gasteiger partial charge in [0.05, 0.1) is 17.9 Å². The summed E-state index contributed by atoms with van der Waals surface area (Å²) in [5, 5.41) is 0.953. The van der Waals surface area contributed by atoms with Gasteiger partial charge in [-0.1, -0.05) is 6.92 Å². The Morgan fingerprint density at radius 1 is 1.47 bits per heavy atom. The average Bonchev–Trinajstić information content (AvgIpc) is 2.79. The molecule has 0 aliphatic carbocycles. The van der Waals surface area contributed by atoms with Gasteiger partial charge >= 0.3 is 5.97 Å². The van der Waals surface area contributed by atoms with E-state index in [1.165, 1.54) is 6.92 Å². The second-order valence-corrected chi connectivity index (χ2v) is 4.61. The summed E-state index contributed by atoms with van der Waals surface area (Å²) >= 11 is 0. The van der Waals surface area contributed by atoms with Gasteiger partial charge in [-0.2, -0.15) is 0 Å². The number of likely N-dealkylation sites (N-methyl/N-ethyl adjacent to an activating group) is 1. The summed E-state index contributed by atoms with van der Waals surface area (Å²) in [6.45, 7) is 5.51. The quantitative estimate of drug-likeness (QED) is 0.836. The first kappa shape index (κ1) is 13.5. The first-order chi connectivity index (χ1) is 9.11. The van der Waals surface area contributed by atoms with Crippen LogP contribution in [0.5, 0.6) is 5.75 Å². The molecule has 0 saturated heterocycles. The van der Waals surface area contributed by atoms with Gasteiger partial charge in [-0.25, -0.2) is 0 Å². The Bertz CT molecular complexity index is 577. The molecule has 0 atom stereocenters. The number of ether oxygens (including phenoxy) is 1. The van der Waals surface area contributed by atoms with Gasteiger partial charge in [0.1, 0.15) is 0 Å². The molecule has 0 aliphatic heterocycles. The standard InChI is InChI=1S/C14H19N3O2/c1-4-17(3)6-5-11-7-16-12-8-15-9-13(14(11)12)19-10(2)18/h7-9,16H,4-6H2,1-3H3. The molecule has 2 heterocycles. The molecule has 0 saturated carbocycles. The maximum Gasteiger partial charge on any atom is 0.308 e. The van der Waals surface area contributed by atoms with Crippen molar-refractivity contribution in [2.45, 2.75) is 20.3 Å². The number of carbonyl (C=O) groups is 1. The summed E-state index contributed by atoms with van der Waals surface area (Å²) in [5.41, 5.74) is 2.04. The van der Waals surface area contributed by atoms with Gasteiger partial charge in [0.2, 0.25) is 0 Å². The van der Waals surface area contributed by atoms with Crippen molar-refractivity contribution >= 4 is 16.9 Å². The number of aromatic nitrogens is 2. The molecule has 0 bridgehead atoms. The summed E-state index contributed by atoms with van der Waals surface area (Å²) < 4.78 is 5.22. The SMILES string of the molecule is CCN(C)CCc1c[nH]c2cncc(OC(C)=O)c12. The molecule has 5 heteroatoms. The van der Waals surface area contributed by atoms with Gasteiger partial charge in [0, 0.05) is 25.1 Å². The summed E-state index contributed by atoms with van der Waals surface area (Å²) in [7, 11) is 2.09. The van der Waals surface area contributed by atoms with E-state index in [-0.39, 0.29) is 5.97 Å². The smallest absolute Gasteiger partial charge is 0.308 e. The lowest BCUT2D eigenvalue weighted by atomic mass is 10.1. The second-order valence-electron chi connectivity index (χ2n) is 4.61. The minimum atomic E-state index is -0.327. The second kappa shape index (κ2) is 5.84. The first-order valence-corrected chi connectivity index (χ1v) is 6.42. The van der Waals surface area contributed by atoms with Crippen LogP contribution in [0.15, 0.2) is 18.6 Å². The molecule has 0 amide bonds. The van der Waals surface area contributed by atoms with Crippen LogP contribution in [-0.2, 0) is 11.2 Å². The van der Waals surface area contributed by atoms with Crippen LogP contribution in [0.1, 0.15) is 19.4 Å². The van der Waals surface area contributed by atoms with Gasteiger partial charge in [-0.15, -0.1) is 0 Å². The third-order valence-corrected chi connectivity index (χ3v) is 3.19. The van der Waals surface area contributed by atoms with Crippen molar-refractivity contribution in [3.63, 3.8) is 0 Å². The molecule has 5 nitrogen and oxygen atoms in total. The van der Waals surface area contributed by atoms with Crippen LogP contribution in [0, 0.1) is 0 Å². The van der Waals surface area contributed by atoms with Crippen LogP contribution >= 0.6 is 0 Å². The van der Waals surface area contributed by atoms with Crippen molar-refractivity contribution in [2.75, 3.05) is 20.1 Å². The molecule has 102 valence electrons. The molecule has 2 aromatic rings. The maximum absolute atomic E-state index is 11.1. The van der Waals surface area contributed by atoms with E-state index in [1.807, 2.05) is 6.20 Å². The van der Waals surface area contributed by atoms with E-state index in [0.29, 0.717) is 5.75 Å². The largest absolute Gasteiger partial charge is 0.424 e. The normalized spacial score (nSPS) is 11.2. The van der Waals surface area contributed by atoms with Crippen LogP contribution in [0.2, 0.25) is 0 Å². The van der Waals surface area contributed by atoms with E-state index >= 15 is 0 Å². The van der Waals surface area contributed by atoms with E-state index in [9.17, 15) is 4.79 Å². The number of H-pyrrole nitrogens is 1. The first-order valence-electron chi connectivity index (χ1n) is 6.42. The lowest BCUT2D eigenvalue weighted by Crippen LogP contribution is -2.20. The molecule has 0 fully saturated rings. The number of fused-ring (bicyclic) bond motifs is 1. The number of hydrogen-bond acceptors (Lipinski definition) is 4. The Morgan fingerprint density at radius 2 is 2.26 bits per heavy atom. The minimum absolute atomic E-state index is 0.327. The molecule has 0 aliphatic rings. The number of hydrogen-bond donors (Lipinski definition) is 1. The van der Waals surface area contributed by atoms with Crippen LogP contribution in [0.4, 0.5) is 0 Å². The highest BCUT2D eigenvalue weighted by Crippen LogP contribution is 2.28. The third kappa shape index (κ3) is 3.12. The minimum Gasteiger partial charge on any atom is -0.424 e. The highest BCUT2D eigenvalue weighted by atomic mass is 16.5. The Hall–Kier alpha value is -1.88. The molecule has 0 radical (unpaired) electrons. The van der Waals surface area contributed by atoms with Crippen molar-refractivity contribution in [1.82, 2.24) is 14.9 Å². The Labute approximate surface area is 112 Å². The van der Waals surface area contributed by atoms with Gasteiger partial charge in [-0.3, -0.25) is 9.78 Å². The lowest BCUT2D eigenvalue weighted by Gasteiger charge is -2.13. The number of nitrogens with one attached hydrogen (secondary N) is 1. The fourth-order valence-electron chi connectivity index (χ4n) is 2.02. The fraction of sp³-hybridized carbons (Fsp3) is 0.429. The number of rotatable bonds is 5. The monoisotopic (exact) mass is 261 g/mol. The molecular formula is C14H19N3O2. The predicted molar refractivity (Wildman–Crippen MR) is 74.3 cm³/mol. The molecule has 0 aromatic carbocycles. The van der Waals surface area contributed by atoms with Crippen molar-refractivity contribution in [1.29, 1.82) is 0 Å². The topological polar surface area (TPSA) is 58.2 Å². The molecular weight excluding hydrogens is 242 g/mol. The Morgan fingerprint density at radius 3 is 2.95 bits per heavy atom. The van der Waals surface area contributed by atoms with E-state index in [2.05, 4.69) is 28.8 Å². The molecule has 2 aromatic heterocycles. The summed E-state index contributed by atoms with van der Waals surface area (Å²) in [6.07, 6.45) is 6.20. The van der Waals surface area contributed by atoms with E-state index < -0.39 is 0 Å². The van der Waals surface area contributed by atoms with Crippen LogP contribution < -0.4 is 4.74 Å². The van der Waals surface area contributed by atoms with E-state index in [0.717, 1.165) is 36.0 Å². The van der Waals surface area contributed by atoms with Crippen molar-refractivity contribution in [3.05, 3.63) is 24.2 Å². The number of carbonyl (C=O) groups excluding carboxylic acids is 1. The van der Waals surface area contributed by atoms with Gasteiger partial charge in [0.15, 0.2) is 5.75 Å². The molecule has 0 spiro atoms. The van der Waals surface area contributed by atoms with E-state index in [4.69, 9.17) is 4.74 Å². The predicted octanol–water partition coefficient (Wildman–Crippen LogP) is 1.98. The summed E-state index contributed by atoms with van der Waals surface area (Å²) in [4.78, 5) is 20.6. The third-order valence-electron chi connectivity index (χ3n) is 3.19. The Balaban J connectivity index is 2.31. The zero-order chi connectivity index (χ0) is 13.8. The van der Waals surface area contributed by atoms with Crippen LogP contribution in [-0.4, -0.2) is 41.0 Å². The maximum atomic E-state index is 11.1. The van der Waals surface area contributed by atoms with Gasteiger partial charge in [-0.05, 0) is 25.6 Å². The van der Waals surface area contributed by atoms with Crippen molar-refractivity contribution in [2.24, 2.45) is 0 Å². The number of esters is 1. The Kier molecular flexibility index (Phi) is 4.16.